The molecule has 0 bridgehead atoms. The number of hydrogen-bond acceptors (Lipinski definition) is 5. The number of piperazine rings is 1. The number of piperidine rings is 1. The fraction of sp³-hybridized carbons (Fsp3) is 0.467. The Bertz CT molecular complexity index is 1330. The summed E-state index contributed by atoms with van der Waals surface area (Å²) in [5, 5.41) is 14.0. The van der Waals surface area contributed by atoms with Crippen LogP contribution in [0.3, 0.4) is 0 Å². The number of aromatic carboxylic acids is 1. The first-order valence-corrected chi connectivity index (χ1v) is 14.3. The number of anilines is 2. The van der Waals surface area contributed by atoms with Gasteiger partial charge >= 0.3 is 5.97 Å². The number of halogens is 4. The summed E-state index contributed by atoms with van der Waals surface area (Å²) in [5.74, 6) is -0.727. The molecule has 12 heteroatoms. The van der Waals surface area contributed by atoms with Crippen molar-refractivity contribution in [2.45, 2.75) is 39.2 Å². The van der Waals surface area contributed by atoms with Gasteiger partial charge in [0.25, 0.3) is 6.43 Å². The third-order valence-corrected chi connectivity index (χ3v) is 8.09. The second kappa shape index (κ2) is 14.5. The molecule has 2 aromatic carbocycles. The SMILES string of the molecule is CC(C)CN1CCN(c2ccc(-c3ccc(Cl)cc3N3CCC[C@@H](n4ncc(C(=O)O)c4C(F)F)C3)cc2)CC1.Cl.O. The van der Waals surface area contributed by atoms with Crippen LogP contribution < -0.4 is 9.80 Å². The van der Waals surface area contributed by atoms with Crippen molar-refractivity contribution in [2.75, 3.05) is 55.6 Å². The smallest absolute Gasteiger partial charge is 0.339 e. The lowest BCUT2D eigenvalue weighted by molar-refractivity contribution is 0.0681. The monoisotopic (exact) mass is 625 g/mol. The molecule has 8 nitrogen and oxygen atoms in total. The molecule has 0 unspecified atom stereocenters. The molecule has 1 aromatic heterocycles. The minimum atomic E-state index is -2.93. The van der Waals surface area contributed by atoms with Gasteiger partial charge in [-0.2, -0.15) is 5.10 Å². The molecule has 0 saturated carbocycles. The van der Waals surface area contributed by atoms with E-state index >= 15 is 0 Å². The van der Waals surface area contributed by atoms with Crippen LogP contribution in [0.4, 0.5) is 20.2 Å². The maximum absolute atomic E-state index is 13.9. The van der Waals surface area contributed by atoms with E-state index in [0.29, 0.717) is 23.9 Å². The molecule has 2 saturated heterocycles. The number of benzene rings is 2. The van der Waals surface area contributed by atoms with E-state index in [0.717, 1.165) is 68.7 Å². The number of nitrogens with zero attached hydrogens (tertiary/aromatic N) is 5. The number of carboxylic acid groups (broad SMARTS) is 1. The Labute approximate surface area is 256 Å². The highest BCUT2D eigenvalue weighted by Gasteiger charge is 2.31. The second-order valence-corrected chi connectivity index (χ2v) is 11.6. The molecule has 3 heterocycles. The fourth-order valence-electron chi connectivity index (χ4n) is 5.99. The van der Waals surface area contributed by atoms with Gasteiger partial charge in [-0.25, -0.2) is 13.6 Å². The van der Waals surface area contributed by atoms with Crippen LogP contribution in [0.15, 0.2) is 48.7 Å². The minimum Gasteiger partial charge on any atom is -0.478 e. The Kier molecular flexibility index (Phi) is 11.6. The van der Waals surface area contributed by atoms with E-state index in [1.54, 1.807) is 0 Å². The molecule has 2 aliphatic rings. The first kappa shape index (κ1) is 33.6. The van der Waals surface area contributed by atoms with Crippen molar-refractivity contribution in [3.8, 4) is 11.1 Å². The molecule has 0 radical (unpaired) electrons. The summed E-state index contributed by atoms with van der Waals surface area (Å²) in [6.45, 7) is 10.9. The molecular weight excluding hydrogens is 587 g/mol. The van der Waals surface area contributed by atoms with Gasteiger partial charge in [-0.05, 0) is 48.6 Å². The normalized spacial score (nSPS) is 17.7. The van der Waals surface area contributed by atoms with Gasteiger partial charge in [0.15, 0.2) is 0 Å². The number of aromatic nitrogens is 2. The lowest BCUT2D eigenvalue weighted by Gasteiger charge is -2.37. The standard InChI is InChI=1S/C30H36ClF2N5O2.ClH.H2O/c1-20(2)18-35-12-14-36(15-13-35)23-8-5-21(6-9-23)25-10-7-22(31)16-27(25)37-11-3-4-24(19-37)38-28(29(32)33)26(17-34-38)30(39)40;;/h5-10,16-17,20,24,29H,3-4,11-15,18-19H2,1-2H3,(H,39,40);1H;1H2/t24-;;/m1../s1. The van der Waals surface area contributed by atoms with Crippen LogP contribution in [-0.4, -0.2) is 77.0 Å². The van der Waals surface area contributed by atoms with Crippen molar-refractivity contribution >= 4 is 41.4 Å². The first-order chi connectivity index (χ1) is 19.2. The van der Waals surface area contributed by atoms with E-state index in [4.69, 9.17) is 11.6 Å². The summed E-state index contributed by atoms with van der Waals surface area (Å²) >= 11 is 6.43. The molecule has 230 valence electrons. The van der Waals surface area contributed by atoms with E-state index in [1.165, 1.54) is 10.4 Å². The zero-order chi connectivity index (χ0) is 28.4. The maximum Gasteiger partial charge on any atom is 0.339 e. The van der Waals surface area contributed by atoms with E-state index < -0.39 is 23.7 Å². The van der Waals surface area contributed by atoms with E-state index in [1.807, 2.05) is 18.2 Å². The molecule has 42 heavy (non-hydrogen) atoms. The van der Waals surface area contributed by atoms with Crippen LogP contribution in [-0.2, 0) is 0 Å². The Morgan fingerprint density at radius 1 is 1.05 bits per heavy atom. The predicted octanol–water partition coefficient (Wildman–Crippen LogP) is 6.06. The van der Waals surface area contributed by atoms with Gasteiger partial charge in [-0.3, -0.25) is 9.58 Å². The molecule has 0 spiro atoms. The lowest BCUT2D eigenvalue weighted by atomic mass is 9.99. The van der Waals surface area contributed by atoms with Crippen molar-refractivity contribution in [3.05, 3.63) is 64.9 Å². The zero-order valence-electron chi connectivity index (χ0n) is 23.8. The molecule has 3 aromatic rings. The third-order valence-electron chi connectivity index (χ3n) is 7.85. The average Bonchev–Trinajstić information content (AvgIpc) is 3.40. The Morgan fingerprint density at radius 2 is 1.74 bits per heavy atom. The van der Waals surface area contributed by atoms with E-state index in [9.17, 15) is 18.7 Å². The van der Waals surface area contributed by atoms with Crippen molar-refractivity contribution < 1.29 is 24.2 Å². The Hall–Kier alpha value is -2.92. The van der Waals surface area contributed by atoms with Crippen LogP contribution in [0.25, 0.3) is 11.1 Å². The highest BCUT2D eigenvalue weighted by atomic mass is 35.5. The average molecular weight is 627 g/mol. The molecule has 0 aliphatic carbocycles. The van der Waals surface area contributed by atoms with Crippen molar-refractivity contribution in [1.82, 2.24) is 14.7 Å². The summed E-state index contributed by atoms with van der Waals surface area (Å²) in [4.78, 5) is 18.6. The summed E-state index contributed by atoms with van der Waals surface area (Å²) in [5.41, 5.74) is 3.21. The zero-order valence-corrected chi connectivity index (χ0v) is 25.4. The fourth-order valence-corrected chi connectivity index (χ4v) is 6.15. The van der Waals surface area contributed by atoms with E-state index in [-0.39, 0.29) is 23.9 Å². The molecule has 1 atom stereocenters. The van der Waals surface area contributed by atoms with Crippen LogP contribution in [0, 0.1) is 5.92 Å². The molecule has 0 amide bonds. The number of carboxylic acids is 1. The summed E-state index contributed by atoms with van der Waals surface area (Å²) in [6.07, 6.45) is -0.517. The number of alkyl halides is 2. The Balaban J connectivity index is 0.00000242. The van der Waals surface area contributed by atoms with Crippen molar-refractivity contribution in [1.29, 1.82) is 0 Å². The Morgan fingerprint density at radius 3 is 2.36 bits per heavy atom. The van der Waals surface area contributed by atoms with Crippen molar-refractivity contribution in [2.24, 2.45) is 5.92 Å². The van der Waals surface area contributed by atoms with Crippen LogP contribution in [0.5, 0.6) is 0 Å². The molecule has 3 N–H and O–H groups in total. The highest BCUT2D eigenvalue weighted by molar-refractivity contribution is 6.31. The van der Waals surface area contributed by atoms with Gasteiger partial charge in [0.2, 0.25) is 0 Å². The van der Waals surface area contributed by atoms with Gasteiger partial charge in [-0.1, -0.05) is 43.6 Å². The van der Waals surface area contributed by atoms with Gasteiger partial charge < -0.3 is 20.4 Å². The molecule has 2 aliphatic heterocycles. The van der Waals surface area contributed by atoms with Crippen LogP contribution in [0.1, 0.15) is 55.2 Å². The number of rotatable bonds is 8. The van der Waals surface area contributed by atoms with Crippen LogP contribution >= 0.6 is 24.0 Å². The molecule has 2 fully saturated rings. The number of carbonyl (C=O) groups is 1. The molecular formula is C30H39Cl2F2N5O3. The summed E-state index contributed by atoms with van der Waals surface area (Å²) in [7, 11) is 0. The maximum atomic E-state index is 13.9. The summed E-state index contributed by atoms with van der Waals surface area (Å²) < 4.78 is 28.9. The lowest BCUT2D eigenvalue weighted by Crippen LogP contribution is -2.47. The largest absolute Gasteiger partial charge is 0.478 e. The van der Waals surface area contributed by atoms with Gasteiger partial charge in [0, 0.05) is 67.8 Å². The van der Waals surface area contributed by atoms with Gasteiger partial charge in [0.05, 0.1) is 12.2 Å². The van der Waals surface area contributed by atoms with Gasteiger partial charge in [-0.15, -0.1) is 12.4 Å². The summed E-state index contributed by atoms with van der Waals surface area (Å²) in [6, 6.07) is 14.0. The second-order valence-electron chi connectivity index (χ2n) is 11.1. The number of hydrogen-bond donors (Lipinski definition) is 1. The predicted molar refractivity (Wildman–Crippen MR) is 166 cm³/mol. The van der Waals surface area contributed by atoms with Crippen LogP contribution in [0.2, 0.25) is 5.02 Å². The quantitative estimate of drug-likeness (QED) is 0.327. The van der Waals surface area contributed by atoms with Gasteiger partial charge in [0.1, 0.15) is 11.3 Å². The topological polar surface area (TPSA) is 96.3 Å². The molecule has 5 rings (SSSR count). The minimum absolute atomic E-state index is 0. The first-order valence-electron chi connectivity index (χ1n) is 13.9. The third kappa shape index (κ3) is 7.34. The van der Waals surface area contributed by atoms with E-state index in [2.05, 4.69) is 57.9 Å². The highest BCUT2D eigenvalue weighted by Crippen LogP contribution is 2.38. The van der Waals surface area contributed by atoms with Crippen molar-refractivity contribution in [3.63, 3.8) is 0 Å².